The van der Waals surface area contributed by atoms with E-state index < -0.39 is 0 Å². The van der Waals surface area contributed by atoms with Gasteiger partial charge in [-0.2, -0.15) is 0 Å². The number of aliphatic hydroxyl groups excluding tert-OH is 1. The third-order valence-corrected chi connectivity index (χ3v) is 1.12. The molecule has 0 aliphatic rings. The van der Waals surface area contributed by atoms with Crippen LogP contribution in [-0.4, -0.2) is 24.2 Å². The summed E-state index contributed by atoms with van der Waals surface area (Å²) in [6.07, 6.45) is 0. The van der Waals surface area contributed by atoms with Crippen LogP contribution in [0.4, 0.5) is 0 Å². The van der Waals surface area contributed by atoms with Gasteiger partial charge in [0.2, 0.25) is 0 Å². The summed E-state index contributed by atoms with van der Waals surface area (Å²) < 4.78 is 0. The predicted molar refractivity (Wildman–Crippen MR) is 41.5 cm³/mol. The number of hydrogen-bond acceptors (Lipinski definition) is 2. The van der Waals surface area contributed by atoms with E-state index in [0.29, 0.717) is 6.54 Å². The van der Waals surface area contributed by atoms with Crippen LogP contribution in [0.2, 0.25) is 0 Å². The Labute approximate surface area is 60.9 Å². The Bertz CT molecular complexity index is 127. The number of aliphatic imine (C=N–C) groups is 1. The molecule has 0 saturated carbocycles. The Morgan fingerprint density at radius 3 is 2.30 bits per heavy atom. The number of guanidine groups is 1. The fourth-order valence-corrected chi connectivity index (χ4v) is 0.355. The molecule has 0 fully saturated rings. The molecule has 0 bridgehead atoms. The van der Waals surface area contributed by atoms with Crippen LogP contribution in [0.3, 0.4) is 0 Å². The maximum absolute atomic E-state index is 8.76. The van der Waals surface area contributed by atoms with Gasteiger partial charge in [-0.1, -0.05) is 13.8 Å². The van der Waals surface area contributed by atoms with E-state index in [2.05, 4.69) is 4.99 Å². The van der Waals surface area contributed by atoms with E-state index in [9.17, 15) is 0 Å². The third-order valence-electron chi connectivity index (χ3n) is 1.12. The smallest absolute Gasteiger partial charge is 0.185 e. The first-order chi connectivity index (χ1) is 4.48. The van der Waals surface area contributed by atoms with Crippen LogP contribution >= 0.6 is 0 Å². The lowest BCUT2D eigenvalue weighted by atomic mass is 9.95. The summed E-state index contributed by atoms with van der Waals surface area (Å²) in [5.41, 5.74) is 9.98. The molecule has 4 heteroatoms. The molecule has 5 N–H and O–H groups in total. The van der Waals surface area contributed by atoms with Crippen molar-refractivity contribution in [2.24, 2.45) is 21.9 Å². The molecule has 0 aliphatic heterocycles. The second-order valence-electron chi connectivity index (χ2n) is 3.06. The Kier molecular flexibility index (Phi) is 3.15. The quantitative estimate of drug-likeness (QED) is 0.362. The molecule has 0 atom stereocenters. The van der Waals surface area contributed by atoms with E-state index in [1.54, 1.807) is 0 Å². The van der Waals surface area contributed by atoms with Crippen LogP contribution in [-0.2, 0) is 0 Å². The lowest BCUT2D eigenvalue weighted by Gasteiger charge is -2.17. The Hall–Kier alpha value is -0.770. The molecule has 0 heterocycles. The summed E-state index contributed by atoms with van der Waals surface area (Å²) in [7, 11) is 0. The molecule has 0 saturated heterocycles. The van der Waals surface area contributed by atoms with E-state index in [4.69, 9.17) is 16.6 Å². The normalized spacial score (nSPS) is 11.1. The first kappa shape index (κ1) is 9.23. The minimum Gasteiger partial charge on any atom is -0.396 e. The molecular weight excluding hydrogens is 130 g/mol. The van der Waals surface area contributed by atoms with Crippen LogP contribution in [0.1, 0.15) is 13.8 Å². The molecule has 4 nitrogen and oxygen atoms in total. The Balaban J connectivity index is 3.78. The van der Waals surface area contributed by atoms with Gasteiger partial charge in [0.1, 0.15) is 0 Å². The highest BCUT2D eigenvalue weighted by atomic mass is 16.3. The van der Waals surface area contributed by atoms with Crippen molar-refractivity contribution < 1.29 is 5.11 Å². The molecule has 0 aromatic heterocycles. The zero-order chi connectivity index (χ0) is 8.20. The van der Waals surface area contributed by atoms with Crippen LogP contribution < -0.4 is 11.5 Å². The molecule has 0 radical (unpaired) electrons. The second-order valence-corrected chi connectivity index (χ2v) is 3.06. The molecule has 0 rings (SSSR count). The van der Waals surface area contributed by atoms with Gasteiger partial charge in [-0.05, 0) is 0 Å². The highest BCUT2D eigenvalue weighted by Crippen LogP contribution is 2.12. The summed E-state index contributed by atoms with van der Waals surface area (Å²) >= 11 is 0. The number of hydrogen-bond donors (Lipinski definition) is 3. The molecule has 0 aromatic rings. The zero-order valence-electron chi connectivity index (χ0n) is 6.46. The number of nitrogens with zero attached hydrogens (tertiary/aromatic N) is 1. The largest absolute Gasteiger partial charge is 0.396 e. The summed E-state index contributed by atoms with van der Waals surface area (Å²) in [5, 5.41) is 8.76. The van der Waals surface area contributed by atoms with Crippen molar-refractivity contribution in [3.8, 4) is 0 Å². The van der Waals surface area contributed by atoms with Gasteiger partial charge in [0.25, 0.3) is 0 Å². The van der Waals surface area contributed by atoms with Gasteiger partial charge >= 0.3 is 0 Å². The Morgan fingerprint density at radius 1 is 1.50 bits per heavy atom. The van der Waals surface area contributed by atoms with Crippen molar-refractivity contribution in [3.05, 3.63) is 0 Å². The zero-order valence-corrected chi connectivity index (χ0v) is 6.46. The fraction of sp³-hybridized carbons (Fsp3) is 0.833. The average molecular weight is 145 g/mol. The second kappa shape index (κ2) is 3.41. The molecule has 0 unspecified atom stereocenters. The summed E-state index contributed by atoms with van der Waals surface area (Å²) in [6.45, 7) is 4.33. The van der Waals surface area contributed by atoms with Gasteiger partial charge in [-0.3, -0.25) is 4.99 Å². The monoisotopic (exact) mass is 145 g/mol. The van der Waals surface area contributed by atoms with Gasteiger partial charge in [0.15, 0.2) is 5.96 Å². The molecule has 0 amide bonds. The van der Waals surface area contributed by atoms with Crippen molar-refractivity contribution in [2.45, 2.75) is 13.8 Å². The van der Waals surface area contributed by atoms with E-state index in [0.717, 1.165) is 0 Å². The van der Waals surface area contributed by atoms with Crippen LogP contribution in [0.25, 0.3) is 0 Å². The first-order valence-corrected chi connectivity index (χ1v) is 3.14. The summed E-state index contributed by atoms with van der Waals surface area (Å²) in [6, 6.07) is 0. The lowest BCUT2D eigenvalue weighted by molar-refractivity contribution is 0.167. The van der Waals surface area contributed by atoms with Crippen molar-refractivity contribution in [3.63, 3.8) is 0 Å². The van der Waals surface area contributed by atoms with Crippen LogP contribution in [0.15, 0.2) is 4.99 Å². The highest BCUT2D eigenvalue weighted by Gasteiger charge is 2.14. The topological polar surface area (TPSA) is 84.6 Å². The lowest BCUT2D eigenvalue weighted by Crippen LogP contribution is -2.27. The predicted octanol–water partition coefficient (Wildman–Crippen LogP) is -0.722. The first-order valence-electron chi connectivity index (χ1n) is 3.14. The molecule has 0 spiro atoms. The van der Waals surface area contributed by atoms with E-state index >= 15 is 0 Å². The SMILES string of the molecule is CC(C)(CO)CN=C(N)N. The molecule has 0 aliphatic carbocycles. The number of rotatable bonds is 3. The average Bonchev–Trinajstić information content (AvgIpc) is 1.85. The molecular formula is C6H15N3O. The van der Waals surface area contributed by atoms with Gasteiger partial charge in [-0.25, -0.2) is 0 Å². The molecule has 0 aromatic carbocycles. The van der Waals surface area contributed by atoms with Crippen molar-refractivity contribution >= 4 is 5.96 Å². The van der Waals surface area contributed by atoms with Crippen molar-refractivity contribution in [1.82, 2.24) is 0 Å². The summed E-state index contributed by atoms with van der Waals surface area (Å²) in [5.74, 6) is 0.0709. The fourth-order valence-electron chi connectivity index (χ4n) is 0.355. The standard InChI is InChI=1S/C6H15N3O/c1-6(2,4-10)3-9-5(7)8/h10H,3-4H2,1-2H3,(H4,7,8,9). The van der Waals surface area contributed by atoms with Gasteiger partial charge in [-0.15, -0.1) is 0 Å². The van der Waals surface area contributed by atoms with Gasteiger partial charge in [0, 0.05) is 12.0 Å². The minimum atomic E-state index is -0.218. The Morgan fingerprint density at radius 2 is 2.00 bits per heavy atom. The van der Waals surface area contributed by atoms with Crippen LogP contribution in [0.5, 0.6) is 0 Å². The van der Waals surface area contributed by atoms with Gasteiger partial charge in [0.05, 0.1) is 6.54 Å². The molecule has 60 valence electrons. The van der Waals surface area contributed by atoms with Gasteiger partial charge < -0.3 is 16.6 Å². The maximum atomic E-state index is 8.76. The summed E-state index contributed by atoms with van der Waals surface area (Å²) in [4.78, 5) is 3.78. The number of aliphatic hydroxyl groups is 1. The highest BCUT2D eigenvalue weighted by molar-refractivity contribution is 5.75. The number of nitrogens with two attached hydrogens (primary N) is 2. The maximum Gasteiger partial charge on any atom is 0.185 e. The minimum absolute atomic E-state index is 0.0709. The van der Waals surface area contributed by atoms with E-state index in [1.807, 2.05) is 13.8 Å². The third kappa shape index (κ3) is 4.14. The van der Waals surface area contributed by atoms with Crippen molar-refractivity contribution in [2.75, 3.05) is 13.2 Å². The van der Waals surface area contributed by atoms with Crippen molar-refractivity contribution in [1.29, 1.82) is 0 Å². The van der Waals surface area contributed by atoms with E-state index in [1.165, 1.54) is 0 Å². The van der Waals surface area contributed by atoms with E-state index in [-0.39, 0.29) is 18.0 Å². The van der Waals surface area contributed by atoms with Crippen LogP contribution in [0, 0.1) is 5.41 Å². The molecule has 10 heavy (non-hydrogen) atoms.